The van der Waals surface area contributed by atoms with Crippen molar-refractivity contribution >= 4 is 28.5 Å². The molecule has 2 atom stereocenters. The number of alkyl halides is 1. The first-order chi connectivity index (χ1) is 12.2. The summed E-state index contributed by atoms with van der Waals surface area (Å²) >= 11 is 2.21. The maximum absolute atomic E-state index is 12.7. The fourth-order valence-electron chi connectivity index (χ4n) is 3.14. The lowest BCUT2D eigenvalue weighted by atomic mass is 9.98. The Hall–Kier alpha value is -2.35. The molecule has 0 unspecified atom stereocenters. The van der Waals surface area contributed by atoms with Crippen molar-refractivity contribution in [1.29, 1.82) is 0 Å². The molecule has 1 amide bonds. The summed E-state index contributed by atoms with van der Waals surface area (Å²) in [4.78, 5) is 24.8. The molecule has 1 aromatic heterocycles. The van der Waals surface area contributed by atoms with Crippen molar-refractivity contribution < 1.29 is 9.21 Å². The van der Waals surface area contributed by atoms with E-state index in [9.17, 15) is 9.59 Å². The van der Waals surface area contributed by atoms with E-state index in [1.807, 2.05) is 60.7 Å². The summed E-state index contributed by atoms with van der Waals surface area (Å²) in [5, 5.41) is 2.85. The Kier molecular flexibility index (Phi) is 4.20. The van der Waals surface area contributed by atoms with Crippen LogP contribution in [0.4, 0.5) is 0 Å². The number of amides is 1. The van der Waals surface area contributed by atoms with Gasteiger partial charge in [-0.25, -0.2) is 4.79 Å². The van der Waals surface area contributed by atoms with E-state index in [0.717, 1.165) is 15.6 Å². The van der Waals surface area contributed by atoms with Gasteiger partial charge in [0.1, 0.15) is 6.04 Å². The number of nitrogens with one attached hydrogen (secondary N) is 1. The highest BCUT2D eigenvalue weighted by Crippen LogP contribution is 2.35. The van der Waals surface area contributed by atoms with Crippen LogP contribution in [0.25, 0.3) is 22.6 Å². The first-order valence-electron chi connectivity index (χ1n) is 7.93. The summed E-state index contributed by atoms with van der Waals surface area (Å²) in [7, 11) is 0. The Morgan fingerprint density at radius 3 is 2.12 bits per heavy atom. The lowest BCUT2D eigenvalue weighted by molar-refractivity contribution is -0.133. The molecule has 1 aliphatic rings. The van der Waals surface area contributed by atoms with E-state index in [1.54, 1.807) is 0 Å². The second-order valence-corrected chi connectivity index (χ2v) is 6.74. The summed E-state index contributed by atoms with van der Waals surface area (Å²) in [6.07, 6.45) is 0. The summed E-state index contributed by atoms with van der Waals surface area (Å²) in [6.45, 7) is 0. The number of hydrogen-bond acceptors (Lipinski definition) is 3. The number of hydrogen-bond donors (Lipinski definition) is 1. The second-order valence-electron chi connectivity index (χ2n) is 5.86. The molecular formula is C19H15IN2O3. The van der Waals surface area contributed by atoms with Gasteiger partial charge < -0.3 is 9.73 Å². The van der Waals surface area contributed by atoms with Gasteiger partial charge in [-0.2, -0.15) is 0 Å². The highest BCUT2D eigenvalue weighted by Gasteiger charge is 2.43. The zero-order valence-corrected chi connectivity index (χ0v) is 15.3. The number of aromatic nitrogens is 1. The normalized spacial score (nSPS) is 19.3. The molecule has 25 heavy (non-hydrogen) atoms. The number of oxazole rings is 1. The highest BCUT2D eigenvalue weighted by atomic mass is 127. The molecule has 4 rings (SSSR count). The lowest BCUT2D eigenvalue weighted by Gasteiger charge is -2.36. The van der Waals surface area contributed by atoms with Crippen LogP contribution in [0.15, 0.2) is 69.9 Å². The van der Waals surface area contributed by atoms with Gasteiger partial charge in [-0.15, -0.1) is 0 Å². The quantitative estimate of drug-likeness (QED) is 0.380. The zero-order chi connectivity index (χ0) is 17.4. The average Bonchev–Trinajstić information content (AvgIpc) is 2.98. The van der Waals surface area contributed by atoms with E-state index in [-0.39, 0.29) is 11.9 Å². The fourth-order valence-corrected chi connectivity index (χ4v) is 3.85. The summed E-state index contributed by atoms with van der Waals surface area (Å²) in [5.41, 5.74) is 2.30. The van der Waals surface area contributed by atoms with E-state index in [1.165, 1.54) is 4.57 Å². The van der Waals surface area contributed by atoms with Crippen molar-refractivity contribution in [3.05, 3.63) is 71.2 Å². The third kappa shape index (κ3) is 2.70. The van der Waals surface area contributed by atoms with E-state index < -0.39 is 11.8 Å². The number of carbonyl (C=O) groups is 1. The number of carbonyl (C=O) groups excluding carboxylic acids is 1. The molecule has 0 saturated carbocycles. The molecule has 1 aliphatic heterocycles. The third-order valence-corrected chi connectivity index (χ3v) is 5.30. The first-order valence-corrected chi connectivity index (χ1v) is 9.46. The van der Waals surface area contributed by atoms with Crippen LogP contribution < -0.4 is 11.1 Å². The van der Waals surface area contributed by atoms with Crippen LogP contribution in [0.5, 0.6) is 0 Å². The van der Waals surface area contributed by atoms with Crippen molar-refractivity contribution in [3.8, 4) is 22.6 Å². The van der Waals surface area contributed by atoms with E-state index in [2.05, 4.69) is 27.9 Å². The van der Waals surface area contributed by atoms with Gasteiger partial charge in [-0.1, -0.05) is 83.3 Å². The molecule has 3 aromatic rings. The molecule has 2 aromatic carbocycles. The number of nitrogens with zero attached hydrogens (tertiary/aromatic N) is 1. The topological polar surface area (TPSA) is 64.2 Å². The van der Waals surface area contributed by atoms with Crippen molar-refractivity contribution in [3.63, 3.8) is 0 Å². The molecule has 1 saturated heterocycles. The van der Waals surface area contributed by atoms with Gasteiger partial charge >= 0.3 is 5.76 Å². The van der Waals surface area contributed by atoms with E-state index >= 15 is 0 Å². The van der Waals surface area contributed by atoms with Gasteiger partial charge in [0.05, 0.1) is 11.7 Å². The number of rotatable bonds is 4. The molecule has 0 spiro atoms. The maximum atomic E-state index is 12.7. The van der Waals surface area contributed by atoms with Crippen LogP contribution >= 0.6 is 22.6 Å². The molecule has 0 aliphatic carbocycles. The fraction of sp³-hybridized carbons (Fsp3) is 0.158. The third-order valence-electron chi connectivity index (χ3n) is 4.35. The molecule has 0 bridgehead atoms. The van der Waals surface area contributed by atoms with Crippen molar-refractivity contribution in [2.24, 2.45) is 0 Å². The molecule has 2 heterocycles. The molecule has 1 N–H and O–H groups in total. The van der Waals surface area contributed by atoms with Gasteiger partial charge in [0.15, 0.2) is 5.76 Å². The minimum atomic E-state index is -0.541. The monoisotopic (exact) mass is 446 g/mol. The van der Waals surface area contributed by atoms with Crippen LogP contribution in [0.1, 0.15) is 6.04 Å². The van der Waals surface area contributed by atoms with Gasteiger partial charge in [0.25, 0.3) is 0 Å². The maximum Gasteiger partial charge on any atom is 0.420 e. The van der Waals surface area contributed by atoms with E-state index in [0.29, 0.717) is 11.5 Å². The predicted molar refractivity (Wildman–Crippen MR) is 104 cm³/mol. The Morgan fingerprint density at radius 1 is 0.960 bits per heavy atom. The van der Waals surface area contributed by atoms with Gasteiger partial charge in [-0.3, -0.25) is 9.36 Å². The summed E-state index contributed by atoms with van der Waals surface area (Å²) < 4.78 is 7.83. The van der Waals surface area contributed by atoms with Crippen LogP contribution in [0, 0.1) is 0 Å². The zero-order valence-electron chi connectivity index (χ0n) is 13.2. The van der Waals surface area contributed by atoms with Gasteiger partial charge in [-0.05, 0) is 0 Å². The first kappa shape index (κ1) is 16.1. The lowest BCUT2D eigenvalue weighted by Crippen LogP contribution is -2.61. The molecule has 6 heteroatoms. The molecule has 126 valence electrons. The summed E-state index contributed by atoms with van der Waals surface area (Å²) in [5.74, 6) is -0.169. The SMILES string of the molecule is O=C1N[C@H](CI)[C@@H]1n1c(-c2ccccc2)c(-c2ccccc2)oc1=O. The van der Waals surface area contributed by atoms with Crippen molar-refractivity contribution in [2.75, 3.05) is 4.43 Å². The van der Waals surface area contributed by atoms with E-state index in [4.69, 9.17) is 4.42 Å². The number of benzene rings is 2. The number of β-lactam (4-membered cyclic amide) rings is 1. The predicted octanol–water partition coefficient (Wildman–Crippen LogP) is 3.25. The molecule has 5 nitrogen and oxygen atoms in total. The minimum Gasteiger partial charge on any atom is -0.407 e. The van der Waals surface area contributed by atoms with Crippen molar-refractivity contribution in [1.82, 2.24) is 9.88 Å². The Morgan fingerprint density at radius 2 is 1.56 bits per heavy atom. The standard InChI is InChI=1S/C19H15IN2O3/c20-11-14-16(18(23)21-14)22-15(12-7-3-1-4-8-12)17(25-19(22)24)13-9-5-2-6-10-13/h1-10,14,16H,11H2,(H,21,23)/t14-,16+/m1/s1. The largest absolute Gasteiger partial charge is 0.420 e. The Labute approximate surface area is 157 Å². The van der Waals surface area contributed by atoms with Gasteiger partial charge in [0, 0.05) is 15.6 Å². The summed E-state index contributed by atoms with van der Waals surface area (Å²) in [6, 6.07) is 18.4. The molecular weight excluding hydrogens is 431 g/mol. The Balaban J connectivity index is 1.97. The van der Waals surface area contributed by atoms with Gasteiger partial charge in [0.2, 0.25) is 5.91 Å². The van der Waals surface area contributed by atoms with Crippen LogP contribution in [0.2, 0.25) is 0 Å². The van der Waals surface area contributed by atoms with Crippen LogP contribution in [-0.2, 0) is 4.79 Å². The molecule has 0 radical (unpaired) electrons. The second kappa shape index (κ2) is 6.51. The van der Waals surface area contributed by atoms with Crippen molar-refractivity contribution in [2.45, 2.75) is 12.1 Å². The highest BCUT2D eigenvalue weighted by molar-refractivity contribution is 14.1. The smallest absolute Gasteiger partial charge is 0.407 e. The van der Waals surface area contributed by atoms with Crippen LogP contribution in [0.3, 0.4) is 0 Å². The molecule has 1 fully saturated rings. The average molecular weight is 446 g/mol. The van der Waals surface area contributed by atoms with Crippen LogP contribution in [-0.4, -0.2) is 20.9 Å². The number of halogens is 1. The Bertz CT molecular complexity index is 963. The minimum absolute atomic E-state index is 0.0746.